The van der Waals surface area contributed by atoms with E-state index in [1.165, 1.54) is 18.2 Å². The summed E-state index contributed by atoms with van der Waals surface area (Å²) in [5.74, 6) is -1.56. The van der Waals surface area contributed by atoms with Gasteiger partial charge in [-0.15, -0.1) is 0 Å². The Kier molecular flexibility index (Phi) is 3.23. The maximum absolute atomic E-state index is 13.2. The zero-order chi connectivity index (χ0) is 12.3. The highest BCUT2D eigenvalue weighted by atomic mass is 19.1. The van der Waals surface area contributed by atoms with Crippen LogP contribution in [0.4, 0.5) is 18.9 Å². The minimum atomic E-state index is -0.577. The highest BCUT2D eigenvalue weighted by Crippen LogP contribution is 2.14. The monoisotopic (exact) mass is 235 g/mol. The Morgan fingerprint density at radius 2 is 1.65 bits per heavy atom. The van der Waals surface area contributed by atoms with E-state index in [4.69, 9.17) is 0 Å². The largest absolute Gasteiger partial charge is 0.256 e. The molecule has 17 heavy (non-hydrogen) atoms. The fraction of sp³-hybridized carbons (Fsp3) is 0. The molecule has 0 spiro atoms. The summed E-state index contributed by atoms with van der Waals surface area (Å²) in [4.78, 5) is 3.87. The van der Waals surface area contributed by atoms with E-state index in [1.807, 2.05) is 0 Å². The smallest absolute Gasteiger partial charge is 0.132 e. The van der Waals surface area contributed by atoms with Crippen LogP contribution in [0.5, 0.6) is 0 Å². The van der Waals surface area contributed by atoms with Gasteiger partial charge in [0.2, 0.25) is 0 Å². The van der Waals surface area contributed by atoms with E-state index < -0.39 is 17.5 Å². The molecule has 0 radical (unpaired) electrons. The molecule has 0 aliphatic heterocycles. The van der Waals surface area contributed by atoms with Gasteiger partial charge in [0.1, 0.15) is 17.5 Å². The Labute approximate surface area is 96.2 Å². The molecule has 0 N–H and O–H groups in total. The summed E-state index contributed by atoms with van der Waals surface area (Å²) in [5, 5.41) is 0. The van der Waals surface area contributed by atoms with Crippen molar-refractivity contribution in [3.8, 4) is 0 Å². The Morgan fingerprint density at radius 1 is 0.882 bits per heavy atom. The number of benzene rings is 2. The van der Waals surface area contributed by atoms with E-state index >= 15 is 0 Å². The predicted octanol–water partition coefficient (Wildman–Crippen LogP) is 3.85. The number of nitrogens with zero attached hydrogens (tertiary/aromatic N) is 1. The SMILES string of the molecule is Fc1cccc(/N=C/c2cc(F)ccc2F)c1. The number of rotatable bonds is 2. The molecule has 0 aromatic heterocycles. The Hall–Kier alpha value is -2.10. The normalized spacial score (nSPS) is 11.0. The molecule has 0 bridgehead atoms. The van der Waals surface area contributed by atoms with Crippen LogP contribution in [0, 0.1) is 17.5 Å². The molecule has 0 aliphatic carbocycles. The summed E-state index contributed by atoms with van der Waals surface area (Å²) in [5.41, 5.74) is 0.364. The van der Waals surface area contributed by atoms with Gasteiger partial charge in [-0.3, -0.25) is 4.99 Å². The molecule has 4 heteroatoms. The van der Waals surface area contributed by atoms with Gasteiger partial charge >= 0.3 is 0 Å². The number of hydrogen-bond donors (Lipinski definition) is 0. The summed E-state index contributed by atoms with van der Waals surface area (Å²) >= 11 is 0. The fourth-order valence-electron chi connectivity index (χ4n) is 1.31. The summed E-state index contributed by atoms with van der Waals surface area (Å²) in [6.45, 7) is 0. The van der Waals surface area contributed by atoms with Crippen LogP contribution in [-0.2, 0) is 0 Å². The van der Waals surface area contributed by atoms with Crippen LogP contribution in [-0.4, -0.2) is 6.21 Å². The summed E-state index contributed by atoms with van der Waals surface area (Å²) < 4.78 is 38.9. The van der Waals surface area contributed by atoms with Crippen LogP contribution < -0.4 is 0 Å². The van der Waals surface area contributed by atoms with Gasteiger partial charge in [-0.1, -0.05) is 6.07 Å². The highest BCUT2D eigenvalue weighted by Gasteiger charge is 2.00. The van der Waals surface area contributed by atoms with Crippen LogP contribution in [0.3, 0.4) is 0 Å². The molecule has 0 heterocycles. The molecule has 0 saturated carbocycles. The molecule has 2 rings (SSSR count). The molecule has 0 unspecified atom stereocenters. The molecule has 1 nitrogen and oxygen atoms in total. The summed E-state index contributed by atoms with van der Waals surface area (Å²) in [7, 11) is 0. The second-order valence-electron chi connectivity index (χ2n) is 3.40. The van der Waals surface area contributed by atoms with Crippen LogP contribution in [0.2, 0.25) is 0 Å². The third-order valence-corrected chi connectivity index (χ3v) is 2.12. The van der Waals surface area contributed by atoms with E-state index in [-0.39, 0.29) is 5.56 Å². The first kappa shape index (κ1) is 11.4. The van der Waals surface area contributed by atoms with Gasteiger partial charge in [0.05, 0.1) is 5.69 Å². The minimum Gasteiger partial charge on any atom is -0.256 e. The molecule has 0 fully saturated rings. The molecular formula is C13H8F3N. The van der Waals surface area contributed by atoms with Crippen molar-refractivity contribution in [2.24, 2.45) is 4.99 Å². The lowest BCUT2D eigenvalue weighted by Crippen LogP contribution is -1.89. The first-order chi connectivity index (χ1) is 8.15. The van der Waals surface area contributed by atoms with Crippen LogP contribution in [0.1, 0.15) is 5.56 Å². The maximum Gasteiger partial charge on any atom is 0.132 e. The molecule has 2 aromatic carbocycles. The van der Waals surface area contributed by atoms with Crippen molar-refractivity contribution >= 4 is 11.9 Å². The van der Waals surface area contributed by atoms with Crippen molar-refractivity contribution in [1.29, 1.82) is 0 Å². The standard InChI is InChI=1S/C13H8F3N/c14-10-2-1-3-12(7-10)17-8-9-6-11(15)4-5-13(9)16/h1-8H/b17-8+. The van der Waals surface area contributed by atoms with E-state index in [0.717, 1.165) is 24.4 Å². The van der Waals surface area contributed by atoms with Crippen molar-refractivity contribution in [3.05, 3.63) is 65.5 Å². The molecule has 0 amide bonds. The van der Waals surface area contributed by atoms with Crippen LogP contribution in [0.25, 0.3) is 0 Å². The number of halogens is 3. The van der Waals surface area contributed by atoms with Crippen molar-refractivity contribution in [1.82, 2.24) is 0 Å². The van der Waals surface area contributed by atoms with Gasteiger partial charge in [0, 0.05) is 11.8 Å². The number of aliphatic imine (C=N–C) groups is 1. The van der Waals surface area contributed by atoms with Crippen molar-refractivity contribution in [2.75, 3.05) is 0 Å². The second kappa shape index (κ2) is 4.82. The van der Waals surface area contributed by atoms with Gasteiger partial charge in [-0.2, -0.15) is 0 Å². The van der Waals surface area contributed by atoms with Gasteiger partial charge in [-0.05, 0) is 36.4 Å². The molecule has 86 valence electrons. The topological polar surface area (TPSA) is 12.4 Å². The lowest BCUT2D eigenvalue weighted by atomic mass is 10.2. The van der Waals surface area contributed by atoms with Gasteiger partial charge in [0.15, 0.2) is 0 Å². The predicted molar refractivity (Wildman–Crippen MR) is 60.0 cm³/mol. The van der Waals surface area contributed by atoms with Gasteiger partial charge in [0.25, 0.3) is 0 Å². The highest BCUT2D eigenvalue weighted by molar-refractivity contribution is 5.82. The molecule has 2 aromatic rings. The molecule has 0 atom stereocenters. The lowest BCUT2D eigenvalue weighted by Gasteiger charge is -1.97. The fourth-order valence-corrected chi connectivity index (χ4v) is 1.31. The number of hydrogen-bond acceptors (Lipinski definition) is 1. The third kappa shape index (κ3) is 2.93. The van der Waals surface area contributed by atoms with E-state index in [1.54, 1.807) is 6.07 Å². The van der Waals surface area contributed by atoms with Gasteiger partial charge in [-0.25, -0.2) is 13.2 Å². The van der Waals surface area contributed by atoms with Crippen molar-refractivity contribution < 1.29 is 13.2 Å². The summed E-state index contributed by atoms with van der Waals surface area (Å²) in [6.07, 6.45) is 1.16. The maximum atomic E-state index is 13.2. The average molecular weight is 235 g/mol. The quantitative estimate of drug-likeness (QED) is 0.701. The Balaban J connectivity index is 2.29. The second-order valence-corrected chi connectivity index (χ2v) is 3.40. The van der Waals surface area contributed by atoms with Crippen LogP contribution >= 0.6 is 0 Å². The van der Waals surface area contributed by atoms with E-state index in [9.17, 15) is 13.2 Å². The molecule has 0 aliphatic rings. The zero-order valence-corrected chi connectivity index (χ0v) is 8.70. The zero-order valence-electron chi connectivity index (χ0n) is 8.70. The minimum absolute atomic E-state index is 0.0225. The van der Waals surface area contributed by atoms with E-state index in [2.05, 4.69) is 4.99 Å². The first-order valence-corrected chi connectivity index (χ1v) is 4.90. The lowest BCUT2D eigenvalue weighted by molar-refractivity contribution is 0.598. The van der Waals surface area contributed by atoms with E-state index in [0.29, 0.717) is 5.69 Å². The molecule has 0 saturated heterocycles. The van der Waals surface area contributed by atoms with Crippen molar-refractivity contribution in [2.45, 2.75) is 0 Å². The van der Waals surface area contributed by atoms with Crippen LogP contribution in [0.15, 0.2) is 47.5 Å². The average Bonchev–Trinajstić information content (AvgIpc) is 2.30. The van der Waals surface area contributed by atoms with Gasteiger partial charge < -0.3 is 0 Å². The first-order valence-electron chi connectivity index (χ1n) is 4.90. The summed E-state index contributed by atoms with van der Waals surface area (Å²) in [6, 6.07) is 8.60. The third-order valence-electron chi connectivity index (χ3n) is 2.12. The Morgan fingerprint density at radius 3 is 2.41 bits per heavy atom. The van der Waals surface area contributed by atoms with Crippen molar-refractivity contribution in [3.63, 3.8) is 0 Å². The Bertz CT molecular complexity index is 564. The molecular weight excluding hydrogens is 227 g/mol.